The third kappa shape index (κ3) is 68.2. The minimum atomic E-state index is -0.772. The third-order valence-electron chi connectivity index (χ3n) is 16.6. The summed E-state index contributed by atoms with van der Waals surface area (Å²) in [6.45, 7) is 6.56. The third-order valence-corrected chi connectivity index (χ3v) is 16.6. The molecule has 0 aliphatic carbocycles. The highest BCUT2D eigenvalue weighted by Crippen LogP contribution is 2.19. The maximum Gasteiger partial charge on any atom is 0.306 e. The Hall–Kier alpha value is -2.63. The van der Waals surface area contributed by atoms with Gasteiger partial charge in [-0.15, -0.1) is 0 Å². The molecule has 0 heterocycles. The van der Waals surface area contributed by atoms with Crippen molar-refractivity contribution in [3.05, 3.63) is 48.6 Å². The van der Waals surface area contributed by atoms with E-state index in [2.05, 4.69) is 69.4 Å². The van der Waals surface area contributed by atoms with Crippen LogP contribution in [-0.4, -0.2) is 37.2 Å². The highest BCUT2D eigenvalue weighted by atomic mass is 16.6. The van der Waals surface area contributed by atoms with Gasteiger partial charge in [0, 0.05) is 19.3 Å². The van der Waals surface area contributed by atoms with E-state index in [1.54, 1.807) is 0 Å². The highest BCUT2D eigenvalue weighted by molar-refractivity contribution is 5.71. The van der Waals surface area contributed by atoms with E-state index in [9.17, 15) is 14.4 Å². The van der Waals surface area contributed by atoms with Crippen molar-refractivity contribution in [1.29, 1.82) is 0 Å². The van der Waals surface area contributed by atoms with Crippen LogP contribution in [0.4, 0.5) is 0 Å². The summed E-state index contributed by atoms with van der Waals surface area (Å²) in [5.41, 5.74) is 0. The Balaban J connectivity index is 4.01. The number of carbonyl (C=O) groups is 3. The molecular formula is C76H140O6. The molecule has 6 nitrogen and oxygen atoms in total. The molecule has 6 heteroatoms. The highest BCUT2D eigenvalue weighted by Gasteiger charge is 2.19. The first-order valence-electron chi connectivity index (χ1n) is 36.6. The van der Waals surface area contributed by atoms with E-state index in [4.69, 9.17) is 14.2 Å². The Kier molecular flexibility index (Phi) is 68.6. The molecule has 0 saturated carbocycles. The van der Waals surface area contributed by atoms with Crippen LogP contribution in [0.5, 0.6) is 0 Å². The Morgan fingerprint density at radius 2 is 0.476 bits per heavy atom. The summed E-state index contributed by atoms with van der Waals surface area (Å²) in [4.78, 5) is 38.3. The molecule has 82 heavy (non-hydrogen) atoms. The van der Waals surface area contributed by atoms with E-state index in [0.29, 0.717) is 19.3 Å². The zero-order valence-corrected chi connectivity index (χ0v) is 55.3. The smallest absolute Gasteiger partial charge is 0.306 e. The summed E-state index contributed by atoms with van der Waals surface area (Å²) < 4.78 is 16.9. The number of hydrogen-bond donors (Lipinski definition) is 0. The van der Waals surface area contributed by atoms with Crippen molar-refractivity contribution in [2.24, 2.45) is 0 Å². The summed E-state index contributed by atoms with van der Waals surface area (Å²) >= 11 is 0. The number of ether oxygens (including phenoxy) is 3. The van der Waals surface area contributed by atoms with Gasteiger partial charge in [0.05, 0.1) is 0 Å². The van der Waals surface area contributed by atoms with Crippen LogP contribution in [0.1, 0.15) is 400 Å². The molecule has 1 unspecified atom stereocenters. The van der Waals surface area contributed by atoms with Gasteiger partial charge in [-0.2, -0.15) is 0 Å². The minimum absolute atomic E-state index is 0.0697. The van der Waals surface area contributed by atoms with Gasteiger partial charge in [-0.25, -0.2) is 0 Å². The number of unbranched alkanes of at least 4 members (excludes halogenated alkanes) is 49. The van der Waals surface area contributed by atoms with Crippen LogP contribution < -0.4 is 0 Å². The van der Waals surface area contributed by atoms with E-state index in [0.717, 1.165) is 83.5 Å². The molecule has 1 atom stereocenters. The van der Waals surface area contributed by atoms with E-state index < -0.39 is 6.10 Å². The molecule has 0 aliphatic rings. The van der Waals surface area contributed by atoms with Crippen LogP contribution in [0.3, 0.4) is 0 Å². The first kappa shape index (κ1) is 79.4. The minimum Gasteiger partial charge on any atom is -0.462 e. The fraction of sp³-hybridized carbons (Fsp3) is 0.855. The standard InChI is InChI=1S/C76H140O6/c1-4-7-10-13-16-19-21-23-25-27-29-31-33-34-35-36-37-38-39-40-41-42-44-45-47-49-51-53-55-57-60-63-66-69-75(78)81-72-73(71-80-74(77)68-65-62-59-18-15-12-9-6-3)82-76(79)70-67-64-61-58-56-54-52-50-48-46-43-32-30-28-26-24-22-20-17-14-11-8-5-2/h8,11,17,20,24,26,30,32,73H,4-7,9-10,12-16,18-19,21-23,25,27-29,31,33-72H2,1-3H3/b11-8-,20-17-,26-24-,32-30-. The van der Waals surface area contributed by atoms with Gasteiger partial charge < -0.3 is 14.2 Å². The predicted molar refractivity (Wildman–Crippen MR) is 358 cm³/mol. The summed E-state index contributed by atoms with van der Waals surface area (Å²) in [6, 6.07) is 0. The van der Waals surface area contributed by atoms with E-state index >= 15 is 0 Å². The van der Waals surface area contributed by atoms with E-state index in [1.807, 2.05) is 0 Å². The van der Waals surface area contributed by atoms with Gasteiger partial charge in [0.15, 0.2) is 6.10 Å². The molecule has 0 saturated heterocycles. The topological polar surface area (TPSA) is 78.9 Å². The van der Waals surface area contributed by atoms with Crippen molar-refractivity contribution >= 4 is 17.9 Å². The van der Waals surface area contributed by atoms with Crippen LogP contribution in [0.2, 0.25) is 0 Å². The number of carbonyl (C=O) groups excluding carboxylic acids is 3. The van der Waals surface area contributed by atoms with Gasteiger partial charge in [0.25, 0.3) is 0 Å². The van der Waals surface area contributed by atoms with Crippen LogP contribution >= 0.6 is 0 Å². The number of allylic oxidation sites excluding steroid dienone is 8. The van der Waals surface area contributed by atoms with Crippen molar-refractivity contribution in [2.45, 2.75) is 406 Å². The number of esters is 3. The van der Waals surface area contributed by atoms with Gasteiger partial charge in [0.2, 0.25) is 0 Å². The lowest BCUT2D eigenvalue weighted by molar-refractivity contribution is -0.167. The Morgan fingerprint density at radius 3 is 0.744 bits per heavy atom. The second kappa shape index (κ2) is 70.9. The molecule has 0 aliphatic heterocycles. The number of hydrogen-bond acceptors (Lipinski definition) is 6. The van der Waals surface area contributed by atoms with Crippen LogP contribution in [0.25, 0.3) is 0 Å². The Morgan fingerprint density at radius 1 is 0.256 bits per heavy atom. The molecular weight excluding hydrogens is 1010 g/mol. The monoisotopic (exact) mass is 1150 g/mol. The van der Waals surface area contributed by atoms with Gasteiger partial charge in [-0.05, 0) is 57.8 Å². The Labute approximate surface area is 511 Å². The predicted octanol–water partition coefficient (Wildman–Crippen LogP) is 25.3. The zero-order chi connectivity index (χ0) is 59.2. The van der Waals surface area contributed by atoms with Crippen LogP contribution in [0, 0.1) is 0 Å². The van der Waals surface area contributed by atoms with Crippen LogP contribution in [-0.2, 0) is 28.6 Å². The zero-order valence-electron chi connectivity index (χ0n) is 55.3. The van der Waals surface area contributed by atoms with Gasteiger partial charge in [-0.1, -0.05) is 371 Å². The quantitative estimate of drug-likeness (QED) is 0.0261. The molecule has 0 spiro atoms. The van der Waals surface area contributed by atoms with Gasteiger partial charge in [-0.3, -0.25) is 14.4 Å². The summed E-state index contributed by atoms with van der Waals surface area (Å²) in [6.07, 6.45) is 90.5. The van der Waals surface area contributed by atoms with Crippen molar-refractivity contribution in [2.75, 3.05) is 13.2 Å². The molecule has 0 rings (SSSR count). The molecule has 0 radical (unpaired) electrons. The van der Waals surface area contributed by atoms with Crippen molar-refractivity contribution < 1.29 is 28.6 Å². The maximum atomic E-state index is 12.9. The lowest BCUT2D eigenvalue weighted by Crippen LogP contribution is -2.30. The first-order valence-corrected chi connectivity index (χ1v) is 36.6. The lowest BCUT2D eigenvalue weighted by Gasteiger charge is -2.18. The van der Waals surface area contributed by atoms with Crippen molar-refractivity contribution in [3.8, 4) is 0 Å². The van der Waals surface area contributed by atoms with Gasteiger partial charge >= 0.3 is 17.9 Å². The average Bonchev–Trinajstić information content (AvgIpc) is 3.47. The van der Waals surface area contributed by atoms with E-state index in [1.165, 1.54) is 276 Å². The fourth-order valence-electron chi connectivity index (χ4n) is 11.1. The van der Waals surface area contributed by atoms with Crippen LogP contribution in [0.15, 0.2) is 48.6 Å². The summed E-state index contributed by atoms with van der Waals surface area (Å²) in [5, 5.41) is 0. The molecule has 0 amide bonds. The van der Waals surface area contributed by atoms with E-state index in [-0.39, 0.29) is 31.1 Å². The normalized spacial score (nSPS) is 12.3. The molecule has 0 bridgehead atoms. The second-order valence-electron chi connectivity index (χ2n) is 24.8. The molecule has 0 N–H and O–H groups in total. The lowest BCUT2D eigenvalue weighted by atomic mass is 10.0. The molecule has 0 aromatic carbocycles. The fourth-order valence-corrected chi connectivity index (χ4v) is 11.1. The number of rotatable bonds is 68. The molecule has 0 aromatic rings. The largest absolute Gasteiger partial charge is 0.462 e. The molecule has 0 aromatic heterocycles. The Bertz CT molecular complexity index is 1410. The second-order valence-corrected chi connectivity index (χ2v) is 24.8. The molecule has 0 fully saturated rings. The first-order chi connectivity index (χ1) is 40.5. The van der Waals surface area contributed by atoms with Gasteiger partial charge in [0.1, 0.15) is 13.2 Å². The maximum absolute atomic E-state index is 12.9. The summed E-state index contributed by atoms with van der Waals surface area (Å²) in [5.74, 6) is -0.854. The SMILES string of the molecule is CC/C=C\C/C=C\C/C=C\C/C=C\CCCCCCCCCCCCC(=O)OC(COC(=O)CCCCCCCCCC)COC(=O)CCCCCCCCCCCCCCCCCCCCCCCCCCCCCCCCCCC. The van der Waals surface area contributed by atoms with Crippen molar-refractivity contribution in [1.82, 2.24) is 0 Å². The average molecular weight is 1150 g/mol. The summed E-state index contributed by atoms with van der Waals surface area (Å²) in [7, 11) is 0. The van der Waals surface area contributed by atoms with Crippen molar-refractivity contribution in [3.63, 3.8) is 0 Å². The molecule has 480 valence electrons.